The molecule has 4 rings (SSSR count). The lowest BCUT2D eigenvalue weighted by Gasteiger charge is -2.10. The zero-order valence-corrected chi connectivity index (χ0v) is 17.1. The predicted octanol–water partition coefficient (Wildman–Crippen LogP) is 4.12. The summed E-state index contributed by atoms with van der Waals surface area (Å²) < 4.78 is 51.9. The molecule has 8 nitrogen and oxygen atoms in total. The van der Waals surface area contributed by atoms with Crippen LogP contribution in [0.1, 0.15) is 35.7 Å². The number of ether oxygens (including phenoxy) is 1. The van der Waals surface area contributed by atoms with Crippen LogP contribution in [-0.2, 0) is 12.7 Å². The third-order valence-corrected chi connectivity index (χ3v) is 4.33. The summed E-state index contributed by atoms with van der Waals surface area (Å²) in [5.74, 6) is -0.705. The number of rotatable bonds is 6. The molecular weight excluding hydrogens is 427 g/mol. The number of furan rings is 1. The maximum absolute atomic E-state index is 13.6. The van der Waals surface area contributed by atoms with Gasteiger partial charge in [0.05, 0.1) is 12.4 Å². The van der Waals surface area contributed by atoms with E-state index in [0.29, 0.717) is 10.3 Å². The maximum atomic E-state index is 13.6. The molecule has 1 aromatic carbocycles. The van der Waals surface area contributed by atoms with Crippen LogP contribution in [-0.4, -0.2) is 31.6 Å². The topological polar surface area (TPSA) is 94.5 Å². The van der Waals surface area contributed by atoms with E-state index >= 15 is 0 Å². The molecule has 166 valence electrons. The van der Waals surface area contributed by atoms with Crippen LogP contribution in [0.4, 0.5) is 13.2 Å². The van der Waals surface area contributed by atoms with Crippen LogP contribution in [0.25, 0.3) is 17.2 Å². The van der Waals surface area contributed by atoms with Gasteiger partial charge < -0.3 is 14.5 Å². The molecular formula is C21H18F3N5O3. The highest BCUT2D eigenvalue weighted by Crippen LogP contribution is 2.32. The van der Waals surface area contributed by atoms with Crippen molar-refractivity contribution in [3.8, 4) is 17.2 Å². The van der Waals surface area contributed by atoms with Gasteiger partial charge in [-0.3, -0.25) is 4.79 Å². The monoisotopic (exact) mass is 445 g/mol. The summed E-state index contributed by atoms with van der Waals surface area (Å²) in [6, 6.07) is 10.9. The second kappa shape index (κ2) is 8.33. The molecule has 0 fully saturated rings. The highest BCUT2D eigenvalue weighted by Gasteiger charge is 2.36. The molecule has 4 aromatic rings. The van der Waals surface area contributed by atoms with E-state index in [0.717, 1.165) is 11.6 Å². The van der Waals surface area contributed by atoms with Gasteiger partial charge in [-0.15, -0.1) is 5.10 Å². The van der Waals surface area contributed by atoms with Crippen LogP contribution in [0.5, 0.6) is 5.75 Å². The molecule has 32 heavy (non-hydrogen) atoms. The molecule has 3 heterocycles. The van der Waals surface area contributed by atoms with Gasteiger partial charge in [-0.25, -0.2) is 4.98 Å². The first-order valence-corrected chi connectivity index (χ1v) is 9.63. The Morgan fingerprint density at radius 2 is 1.94 bits per heavy atom. The van der Waals surface area contributed by atoms with Crippen molar-refractivity contribution < 1.29 is 27.1 Å². The van der Waals surface area contributed by atoms with E-state index < -0.39 is 23.6 Å². The molecule has 0 bridgehead atoms. The van der Waals surface area contributed by atoms with Crippen molar-refractivity contribution in [3.63, 3.8) is 0 Å². The van der Waals surface area contributed by atoms with Crippen LogP contribution >= 0.6 is 0 Å². The lowest BCUT2D eigenvalue weighted by Crippen LogP contribution is -2.24. The fourth-order valence-corrected chi connectivity index (χ4v) is 2.94. The van der Waals surface area contributed by atoms with E-state index in [-0.39, 0.29) is 29.9 Å². The van der Waals surface area contributed by atoms with E-state index in [9.17, 15) is 18.0 Å². The van der Waals surface area contributed by atoms with Gasteiger partial charge in [0.15, 0.2) is 11.5 Å². The number of carbonyl (C=O) groups is 1. The zero-order chi connectivity index (χ0) is 22.9. The van der Waals surface area contributed by atoms with Crippen LogP contribution in [0.15, 0.2) is 53.1 Å². The molecule has 3 aromatic heterocycles. The lowest BCUT2D eigenvalue weighted by molar-refractivity contribution is -0.142. The van der Waals surface area contributed by atoms with Crippen molar-refractivity contribution in [2.45, 2.75) is 32.7 Å². The van der Waals surface area contributed by atoms with Crippen molar-refractivity contribution in [1.29, 1.82) is 0 Å². The average molecular weight is 445 g/mol. The highest BCUT2D eigenvalue weighted by molar-refractivity contribution is 5.90. The summed E-state index contributed by atoms with van der Waals surface area (Å²) in [7, 11) is 0. The predicted molar refractivity (Wildman–Crippen MR) is 107 cm³/mol. The van der Waals surface area contributed by atoms with Gasteiger partial charge in [0, 0.05) is 6.54 Å². The summed E-state index contributed by atoms with van der Waals surface area (Å²) in [5.41, 5.74) is -0.425. The van der Waals surface area contributed by atoms with Gasteiger partial charge in [0.25, 0.3) is 11.7 Å². The second-order valence-corrected chi connectivity index (χ2v) is 7.14. The molecule has 0 saturated heterocycles. The minimum absolute atomic E-state index is 0.0326. The smallest absolute Gasteiger partial charge is 0.433 e. The molecule has 0 aliphatic rings. The number of hydrogen-bond donors (Lipinski definition) is 1. The van der Waals surface area contributed by atoms with Crippen LogP contribution in [0.2, 0.25) is 0 Å². The van der Waals surface area contributed by atoms with Gasteiger partial charge in [-0.1, -0.05) is 12.1 Å². The highest BCUT2D eigenvalue weighted by atomic mass is 19.4. The lowest BCUT2D eigenvalue weighted by atomic mass is 10.2. The fraction of sp³-hybridized carbons (Fsp3) is 0.238. The Hall–Kier alpha value is -3.89. The minimum Gasteiger partial charge on any atom is -0.491 e. The quantitative estimate of drug-likeness (QED) is 0.480. The number of nitrogens with zero attached hydrogens (tertiary/aromatic N) is 4. The minimum atomic E-state index is -4.75. The van der Waals surface area contributed by atoms with E-state index in [2.05, 4.69) is 20.4 Å². The van der Waals surface area contributed by atoms with Crippen molar-refractivity contribution >= 4 is 11.7 Å². The summed E-state index contributed by atoms with van der Waals surface area (Å²) >= 11 is 0. The van der Waals surface area contributed by atoms with E-state index in [4.69, 9.17) is 9.15 Å². The van der Waals surface area contributed by atoms with Gasteiger partial charge >= 0.3 is 6.18 Å². The molecule has 0 aliphatic carbocycles. The first kappa shape index (κ1) is 21.3. The van der Waals surface area contributed by atoms with Gasteiger partial charge in [-0.2, -0.15) is 22.7 Å². The number of halogens is 3. The van der Waals surface area contributed by atoms with E-state index in [1.54, 1.807) is 24.3 Å². The summed E-state index contributed by atoms with van der Waals surface area (Å²) in [4.78, 5) is 20.4. The SMILES string of the molecule is CC(C)Oc1ccc(CNC(=O)c2nc3nc(-c4ccco4)cc(C(F)(F)F)n3n2)cc1. The third-order valence-electron chi connectivity index (χ3n) is 4.33. The summed E-state index contributed by atoms with van der Waals surface area (Å²) in [6.07, 6.45) is -3.40. The molecule has 1 N–H and O–H groups in total. The molecule has 0 radical (unpaired) electrons. The Morgan fingerprint density at radius 3 is 2.56 bits per heavy atom. The number of hydrogen-bond acceptors (Lipinski definition) is 6. The number of carbonyl (C=O) groups excluding carboxylic acids is 1. The number of alkyl halides is 3. The number of fused-ring (bicyclic) bond motifs is 1. The normalized spacial score (nSPS) is 11.8. The van der Waals surface area contributed by atoms with Crippen molar-refractivity contribution in [3.05, 3.63) is 65.8 Å². The second-order valence-electron chi connectivity index (χ2n) is 7.14. The first-order valence-electron chi connectivity index (χ1n) is 9.63. The van der Waals surface area contributed by atoms with Crippen LogP contribution in [0, 0.1) is 0 Å². The van der Waals surface area contributed by atoms with Crippen molar-refractivity contribution in [2.75, 3.05) is 0 Å². The Balaban J connectivity index is 1.57. The Kier molecular flexibility index (Phi) is 5.56. The summed E-state index contributed by atoms with van der Waals surface area (Å²) in [5, 5.41) is 6.31. The van der Waals surface area contributed by atoms with Gasteiger partial charge in [0.1, 0.15) is 11.4 Å². The standard InChI is InChI=1S/C21H18F3N5O3/c1-12(2)32-14-7-5-13(6-8-14)11-25-19(30)18-27-20-26-15(16-4-3-9-31-16)10-17(21(22,23)24)29(20)28-18/h3-10,12H,11H2,1-2H3,(H,25,30). The third kappa shape index (κ3) is 4.56. The number of nitrogens with one attached hydrogen (secondary N) is 1. The molecule has 1 amide bonds. The molecule has 0 atom stereocenters. The van der Waals surface area contributed by atoms with E-state index in [1.165, 1.54) is 18.4 Å². The van der Waals surface area contributed by atoms with Gasteiger partial charge in [0.2, 0.25) is 5.82 Å². The molecule has 0 spiro atoms. The van der Waals surface area contributed by atoms with Crippen LogP contribution in [0.3, 0.4) is 0 Å². The molecule has 0 saturated carbocycles. The number of aromatic nitrogens is 4. The molecule has 0 unspecified atom stereocenters. The Bertz CT molecular complexity index is 1230. The molecule has 0 aliphatic heterocycles. The number of benzene rings is 1. The van der Waals surface area contributed by atoms with Crippen molar-refractivity contribution in [1.82, 2.24) is 24.9 Å². The van der Waals surface area contributed by atoms with Crippen LogP contribution < -0.4 is 10.1 Å². The largest absolute Gasteiger partial charge is 0.491 e. The maximum Gasteiger partial charge on any atom is 0.433 e. The summed E-state index contributed by atoms with van der Waals surface area (Å²) in [6.45, 7) is 3.95. The Labute approximate surface area is 180 Å². The Morgan fingerprint density at radius 1 is 1.19 bits per heavy atom. The van der Waals surface area contributed by atoms with E-state index in [1.807, 2.05) is 13.8 Å². The molecule has 11 heteroatoms. The number of amides is 1. The van der Waals surface area contributed by atoms with Crippen molar-refractivity contribution in [2.24, 2.45) is 0 Å². The average Bonchev–Trinajstić information content (AvgIpc) is 3.41. The van der Waals surface area contributed by atoms with Gasteiger partial charge in [-0.05, 0) is 49.7 Å². The first-order chi connectivity index (χ1) is 15.2. The fourth-order valence-electron chi connectivity index (χ4n) is 2.94. The zero-order valence-electron chi connectivity index (χ0n) is 17.1.